The van der Waals surface area contributed by atoms with Gasteiger partial charge in [0.1, 0.15) is 5.15 Å². The fourth-order valence-electron chi connectivity index (χ4n) is 1.78. The van der Waals surface area contributed by atoms with Crippen LogP contribution in [0.15, 0.2) is 6.07 Å². The smallest absolute Gasteiger partial charge is 0.225 e. The summed E-state index contributed by atoms with van der Waals surface area (Å²) in [5, 5.41) is 0.377. The number of ether oxygens (including phenoxy) is 1. The van der Waals surface area contributed by atoms with Crippen LogP contribution in [0.25, 0.3) is 0 Å². The first kappa shape index (κ1) is 9.46. The molecule has 1 aliphatic carbocycles. The van der Waals surface area contributed by atoms with Crippen molar-refractivity contribution in [2.75, 3.05) is 7.11 Å². The van der Waals surface area contributed by atoms with Gasteiger partial charge in [-0.2, -0.15) is 0 Å². The summed E-state index contributed by atoms with van der Waals surface area (Å²) in [6, 6.07) is 1.74. The Morgan fingerprint density at radius 2 is 2.36 bits per heavy atom. The molecule has 0 radical (unpaired) electrons. The van der Waals surface area contributed by atoms with Gasteiger partial charge in [-0.15, -0.1) is 0 Å². The molecule has 3 nitrogen and oxygen atoms in total. The number of nitrogens with zero attached hydrogens (tertiary/aromatic N) is 1. The van der Waals surface area contributed by atoms with E-state index in [9.17, 15) is 4.79 Å². The molecule has 1 heterocycles. The van der Waals surface area contributed by atoms with E-state index in [1.807, 2.05) is 6.92 Å². The van der Waals surface area contributed by atoms with Crippen molar-refractivity contribution in [1.29, 1.82) is 0 Å². The monoisotopic (exact) mass is 211 g/mol. The molecule has 0 fully saturated rings. The Kier molecular flexibility index (Phi) is 2.19. The molecule has 14 heavy (non-hydrogen) atoms. The Bertz CT molecular complexity index is 403. The minimum Gasteiger partial charge on any atom is -0.480 e. The minimum atomic E-state index is 0.0131. The summed E-state index contributed by atoms with van der Waals surface area (Å²) in [5.41, 5.74) is 1.55. The van der Waals surface area contributed by atoms with Gasteiger partial charge in [0.2, 0.25) is 5.88 Å². The molecule has 0 saturated carbocycles. The van der Waals surface area contributed by atoms with Gasteiger partial charge in [-0.25, -0.2) is 4.98 Å². The molecule has 0 aromatic carbocycles. The summed E-state index contributed by atoms with van der Waals surface area (Å²) in [6.45, 7) is 1.90. The van der Waals surface area contributed by atoms with Gasteiger partial charge in [0, 0.05) is 5.92 Å². The van der Waals surface area contributed by atoms with Crippen molar-refractivity contribution in [3.63, 3.8) is 0 Å². The largest absolute Gasteiger partial charge is 0.480 e. The second kappa shape index (κ2) is 3.24. The molecule has 1 aliphatic rings. The van der Waals surface area contributed by atoms with Gasteiger partial charge in [-0.05, 0) is 18.1 Å². The van der Waals surface area contributed by atoms with Crippen molar-refractivity contribution in [2.24, 2.45) is 5.92 Å². The molecular weight excluding hydrogens is 202 g/mol. The van der Waals surface area contributed by atoms with E-state index in [1.165, 1.54) is 7.11 Å². The molecule has 0 bridgehead atoms. The lowest BCUT2D eigenvalue weighted by Gasteiger charge is -2.04. The lowest BCUT2D eigenvalue weighted by molar-refractivity contribution is 0.0943. The van der Waals surface area contributed by atoms with E-state index < -0.39 is 0 Å². The third-order valence-corrected chi connectivity index (χ3v) is 2.64. The Labute approximate surface area is 87.0 Å². The highest BCUT2D eigenvalue weighted by atomic mass is 35.5. The molecule has 1 aromatic rings. The maximum atomic E-state index is 11.7. The number of pyridine rings is 1. The molecule has 1 unspecified atom stereocenters. The van der Waals surface area contributed by atoms with Crippen LogP contribution in [-0.2, 0) is 6.42 Å². The first-order valence-corrected chi connectivity index (χ1v) is 4.79. The summed E-state index contributed by atoms with van der Waals surface area (Å²) in [5.74, 6) is 0.460. The standard InChI is InChI=1S/C10H10ClNO2/c1-5-3-6-4-7(11)12-10(14-2)8(6)9(5)13/h4-5H,3H2,1-2H3. The fourth-order valence-corrected chi connectivity index (χ4v) is 1.99. The zero-order valence-corrected chi connectivity index (χ0v) is 8.76. The number of carbonyl (C=O) groups excluding carboxylic acids is 1. The summed E-state index contributed by atoms with van der Waals surface area (Å²) in [6.07, 6.45) is 0.729. The molecule has 4 heteroatoms. The molecule has 1 aromatic heterocycles. The zero-order valence-electron chi connectivity index (χ0n) is 8.00. The number of Topliss-reactive ketones (excluding diaryl/α,β-unsaturated/α-hetero) is 1. The second-order valence-corrected chi connectivity index (χ2v) is 3.85. The van der Waals surface area contributed by atoms with Crippen LogP contribution in [0.3, 0.4) is 0 Å². The van der Waals surface area contributed by atoms with Gasteiger partial charge >= 0.3 is 0 Å². The summed E-state index contributed by atoms with van der Waals surface area (Å²) < 4.78 is 5.04. The van der Waals surface area contributed by atoms with Crippen LogP contribution >= 0.6 is 11.6 Å². The number of hydrogen-bond donors (Lipinski definition) is 0. The average molecular weight is 212 g/mol. The van der Waals surface area contributed by atoms with E-state index >= 15 is 0 Å². The highest BCUT2D eigenvalue weighted by Crippen LogP contribution is 2.33. The molecule has 0 aliphatic heterocycles. The predicted octanol–water partition coefficient (Wildman–Crippen LogP) is 2.12. The van der Waals surface area contributed by atoms with Crippen molar-refractivity contribution in [3.8, 4) is 5.88 Å². The number of ketones is 1. The summed E-state index contributed by atoms with van der Waals surface area (Å²) >= 11 is 5.80. The molecule has 1 atom stereocenters. The van der Waals surface area contributed by atoms with Crippen LogP contribution in [0.1, 0.15) is 22.8 Å². The van der Waals surface area contributed by atoms with Crippen LogP contribution in [0.2, 0.25) is 5.15 Å². The Morgan fingerprint density at radius 3 is 3.00 bits per heavy atom. The number of aromatic nitrogens is 1. The molecule has 0 saturated heterocycles. The Morgan fingerprint density at radius 1 is 1.64 bits per heavy atom. The van der Waals surface area contributed by atoms with E-state index in [-0.39, 0.29) is 11.7 Å². The SMILES string of the molecule is COc1nc(Cl)cc2c1C(=O)C(C)C2. The molecular formula is C10H10ClNO2. The van der Waals surface area contributed by atoms with E-state index in [0.29, 0.717) is 16.6 Å². The number of carbonyl (C=O) groups is 1. The van der Waals surface area contributed by atoms with Crippen LogP contribution in [-0.4, -0.2) is 17.9 Å². The first-order valence-electron chi connectivity index (χ1n) is 4.41. The number of methoxy groups -OCH3 is 1. The van der Waals surface area contributed by atoms with Crippen molar-refractivity contribution < 1.29 is 9.53 Å². The first-order chi connectivity index (χ1) is 6.63. The quantitative estimate of drug-likeness (QED) is 0.668. The average Bonchev–Trinajstić information content (AvgIpc) is 2.41. The minimum absolute atomic E-state index is 0.0131. The highest BCUT2D eigenvalue weighted by molar-refractivity contribution is 6.29. The maximum absolute atomic E-state index is 11.7. The van der Waals surface area contributed by atoms with Gasteiger partial charge in [0.05, 0.1) is 12.7 Å². The van der Waals surface area contributed by atoms with E-state index in [1.54, 1.807) is 6.07 Å². The molecule has 74 valence electrons. The third kappa shape index (κ3) is 1.28. The molecule has 0 N–H and O–H groups in total. The molecule has 0 spiro atoms. The van der Waals surface area contributed by atoms with Crippen LogP contribution in [0.5, 0.6) is 5.88 Å². The van der Waals surface area contributed by atoms with Crippen LogP contribution < -0.4 is 4.74 Å². The number of rotatable bonds is 1. The topological polar surface area (TPSA) is 39.2 Å². The predicted molar refractivity (Wildman–Crippen MR) is 53.0 cm³/mol. The van der Waals surface area contributed by atoms with Crippen molar-refractivity contribution in [3.05, 3.63) is 22.3 Å². The van der Waals surface area contributed by atoms with E-state index in [4.69, 9.17) is 16.3 Å². The van der Waals surface area contributed by atoms with Gasteiger partial charge in [0.15, 0.2) is 5.78 Å². The lowest BCUT2D eigenvalue weighted by atomic mass is 10.1. The number of halogens is 1. The third-order valence-electron chi connectivity index (χ3n) is 2.45. The van der Waals surface area contributed by atoms with Gasteiger partial charge in [0.25, 0.3) is 0 Å². The van der Waals surface area contributed by atoms with Crippen LogP contribution in [0, 0.1) is 5.92 Å². The lowest BCUT2D eigenvalue weighted by Crippen LogP contribution is -2.05. The van der Waals surface area contributed by atoms with Gasteiger partial charge in [-0.3, -0.25) is 4.79 Å². The van der Waals surface area contributed by atoms with Crippen molar-refractivity contribution >= 4 is 17.4 Å². The molecule has 0 amide bonds. The van der Waals surface area contributed by atoms with Crippen LogP contribution in [0.4, 0.5) is 0 Å². The maximum Gasteiger partial charge on any atom is 0.225 e. The Balaban J connectivity index is 2.62. The Hall–Kier alpha value is -1.09. The number of hydrogen-bond acceptors (Lipinski definition) is 3. The van der Waals surface area contributed by atoms with Crippen molar-refractivity contribution in [2.45, 2.75) is 13.3 Å². The van der Waals surface area contributed by atoms with E-state index in [2.05, 4.69) is 4.98 Å². The normalized spacial score (nSPS) is 19.6. The fraction of sp³-hybridized carbons (Fsp3) is 0.400. The summed E-state index contributed by atoms with van der Waals surface area (Å²) in [7, 11) is 1.50. The van der Waals surface area contributed by atoms with Gasteiger partial charge in [-0.1, -0.05) is 18.5 Å². The highest BCUT2D eigenvalue weighted by Gasteiger charge is 2.31. The molecule has 2 rings (SSSR count). The zero-order chi connectivity index (χ0) is 10.3. The van der Waals surface area contributed by atoms with E-state index in [0.717, 1.165) is 12.0 Å². The number of fused-ring (bicyclic) bond motifs is 1. The van der Waals surface area contributed by atoms with Gasteiger partial charge < -0.3 is 4.74 Å². The summed E-state index contributed by atoms with van der Waals surface area (Å²) in [4.78, 5) is 15.7. The van der Waals surface area contributed by atoms with Crippen molar-refractivity contribution in [1.82, 2.24) is 4.98 Å². The second-order valence-electron chi connectivity index (χ2n) is 3.46.